The molecule has 1 aromatic heterocycles. The van der Waals surface area contributed by atoms with Crippen LogP contribution in [-0.4, -0.2) is 10.1 Å². The average Bonchev–Trinajstić information content (AvgIpc) is 2.64. The van der Waals surface area contributed by atoms with E-state index in [1.807, 2.05) is 12.1 Å². The predicted molar refractivity (Wildman–Crippen MR) is 117 cm³/mol. The first-order chi connectivity index (χ1) is 12.9. The van der Waals surface area contributed by atoms with E-state index in [1.165, 1.54) is 36.1 Å². The largest absolute Gasteiger partial charge is 0.392 e. The third-order valence-corrected chi connectivity index (χ3v) is 5.38. The van der Waals surface area contributed by atoms with Crippen molar-refractivity contribution in [1.82, 2.24) is 4.98 Å². The first kappa shape index (κ1) is 21.9. The second-order valence-corrected chi connectivity index (χ2v) is 8.44. The van der Waals surface area contributed by atoms with Gasteiger partial charge in [0.2, 0.25) is 0 Å². The maximum Gasteiger partial charge on any atom is 0.0705 e. The number of rotatable bonds is 9. The van der Waals surface area contributed by atoms with E-state index >= 15 is 0 Å². The van der Waals surface area contributed by atoms with Gasteiger partial charge in [0.05, 0.1) is 6.61 Å². The van der Waals surface area contributed by atoms with Gasteiger partial charge in [-0.25, -0.2) is 0 Å². The zero-order chi connectivity index (χ0) is 20.0. The van der Waals surface area contributed by atoms with Crippen molar-refractivity contribution in [1.29, 1.82) is 0 Å². The highest BCUT2D eigenvalue weighted by Crippen LogP contribution is 2.37. The van der Waals surface area contributed by atoms with Crippen LogP contribution in [0.15, 0.2) is 24.3 Å². The van der Waals surface area contributed by atoms with E-state index in [-0.39, 0.29) is 12.5 Å². The highest BCUT2D eigenvalue weighted by Gasteiger charge is 2.23. The molecule has 0 unspecified atom stereocenters. The number of pyridine rings is 1. The van der Waals surface area contributed by atoms with Gasteiger partial charge in [-0.05, 0) is 53.5 Å². The van der Waals surface area contributed by atoms with Crippen molar-refractivity contribution >= 4 is 11.6 Å². The van der Waals surface area contributed by atoms with Gasteiger partial charge in [-0.2, -0.15) is 0 Å². The van der Waals surface area contributed by atoms with Gasteiger partial charge >= 0.3 is 0 Å². The van der Waals surface area contributed by atoms with Gasteiger partial charge in [0.15, 0.2) is 0 Å². The Labute approximate surface area is 170 Å². The molecule has 1 aromatic carbocycles. The monoisotopic (exact) mass is 387 g/mol. The van der Waals surface area contributed by atoms with E-state index in [1.54, 1.807) is 0 Å². The summed E-state index contributed by atoms with van der Waals surface area (Å²) < 4.78 is 0. The zero-order valence-electron chi connectivity index (χ0n) is 17.5. The summed E-state index contributed by atoms with van der Waals surface area (Å²) in [6, 6.07) is 8.01. The number of nitrogens with zero attached hydrogens (tertiary/aromatic N) is 1. The van der Waals surface area contributed by atoms with E-state index in [2.05, 4.69) is 46.8 Å². The average molecular weight is 388 g/mol. The molecule has 0 spiro atoms. The summed E-state index contributed by atoms with van der Waals surface area (Å²) in [6.45, 7) is 11.0. The van der Waals surface area contributed by atoms with Crippen molar-refractivity contribution in [2.24, 2.45) is 0 Å². The van der Waals surface area contributed by atoms with Crippen molar-refractivity contribution in [2.45, 2.75) is 85.2 Å². The van der Waals surface area contributed by atoms with Gasteiger partial charge in [0.1, 0.15) is 0 Å². The fourth-order valence-corrected chi connectivity index (χ4v) is 3.89. The summed E-state index contributed by atoms with van der Waals surface area (Å²) >= 11 is 6.13. The van der Waals surface area contributed by atoms with Crippen LogP contribution in [0, 0.1) is 0 Å². The molecule has 0 atom stereocenters. The van der Waals surface area contributed by atoms with E-state index in [0.29, 0.717) is 5.92 Å². The Morgan fingerprint density at radius 3 is 2.00 bits per heavy atom. The van der Waals surface area contributed by atoms with Crippen LogP contribution in [-0.2, 0) is 13.0 Å². The van der Waals surface area contributed by atoms with Crippen LogP contribution in [0.3, 0.4) is 0 Å². The fourth-order valence-electron chi connectivity index (χ4n) is 3.76. The first-order valence-electron chi connectivity index (χ1n) is 10.3. The Bertz CT molecular complexity index is 735. The van der Waals surface area contributed by atoms with E-state index in [4.69, 9.17) is 16.6 Å². The minimum Gasteiger partial charge on any atom is -0.392 e. The number of halogens is 1. The molecule has 0 saturated heterocycles. The lowest BCUT2D eigenvalue weighted by Crippen LogP contribution is -2.12. The number of hydrogen-bond donors (Lipinski definition) is 1. The summed E-state index contributed by atoms with van der Waals surface area (Å²) in [7, 11) is 0. The van der Waals surface area contributed by atoms with Crippen LogP contribution in [0.25, 0.3) is 11.1 Å². The summed E-state index contributed by atoms with van der Waals surface area (Å²) in [6.07, 6.45) is 5.88. The van der Waals surface area contributed by atoms with E-state index in [9.17, 15) is 5.11 Å². The molecule has 0 amide bonds. The molecule has 0 aliphatic rings. The van der Waals surface area contributed by atoms with E-state index in [0.717, 1.165) is 34.7 Å². The number of aliphatic hydroxyl groups is 1. The van der Waals surface area contributed by atoms with Crippen molar-refractivity contribution in [3.8, 4) is 11.1 Å². The van der Waals surface area contributed by atoms with Gasteiger partial charge in [-0.1, -0.05) is 77.6 Å². The Balaban J connectivity index is 2.70. The van der Waals surface area contributed by atoms with Crippen LogP contribution >= 0.6 is 11.6 Å². The summed E-state index contributed by atoms with van der Waals surface area (Å²) in [5, 5.41) is 11.0. The molecule has 0 aliphatic carbocycles. The number of aromatic nitrogens is 1. The highest BCUT2D eigenvalue weighted by molar-refractivity contribution is 6.30. The molecule has 2 rings (SSSR count). The lowest BCUT2D eigenvalue weighted by molar-refractivity contribution is 0.279. The third-order valence-electron chi connectivity index (χ3n) is 5.13. The second-order valence-electron chi connectivity index (χ2n) is 8.00. The van der Waals surface area contributed by atoms with Crippen LogP contribution in [0.5, 0.6) is 0 Å². The van der Waals surface area contributed by atoms with Crippen molar-refractivity contribution < 1.29 is 5.11 Å². The van der Waals surface area contributed by atoms with Gasteiger partial charge in [-0.3, -0.25) is 4.98 Å². The molecular weight excluding hydrogens is 354 g/mol. The maximum absolute atomic E-state index is 10.3. The lowest BCUT2D eigenvalue weighted by Gasteiger charge is -2.24. The molecule has 2 aromatic rings. The Morgan fingerprint density at radius 1 is 0.889 bits per heavy atom. The Kier molecular flexibility index (Phi) is 8.31. The SMILES string of the molecule is CCCCCCc1c(C(C)C)nc(C(C)C)c(CO)c1-c1ccc(Cl)cc1. The number of aliphatic hydroxyl groups excluding tert-OH is 1. The molecule has 148 valence electrons. The summed E-state index contributed by atoms with van der Waals surface area (Å²) in [5.74, 6) is 0.618. The minimum absolute atomic E-state index is 0.0127. The molecule has 0 saturated carbocycles. The zero-order valence-corrected chi connectivity index (χ0v) is 18.2. The van der Waals surface area contributed by atoms with Crippen molar-refractivity contribution in [3.05, 3.63) is 51.8 Å². The molecule has 1 N–H and O–H groups in total. The van der Waals surface area contributed by atoms with Crippen LogP contribution in [0.4, 0.5) is 0 Å². The molecule has 2 nitrogen and oxygen atoms in total. The normalized spacial score (nSPS) is 11.6. The molecule has 27 heavy (non-hydrogen) atoms. The molecule has 0 bridgehead atoms. The molecular formula is C24H34ClNO. The van der Waals surface area contributed by atoms with Crippen LogP contribution in [0.1, 0.15) is 94.7 Å². The Morgan fingerprint density at radius 2 is 1.48 bits per heavy atom. The van der Waals surface area contributed by atoms with Gasteiger partial charge in [0, 0.05) is 22.0 Å². The summed E-state index contributed by atoms with van der Waals surface area (Å²) in [5.41, 5.74) is 6.77. The number of unbranched alkanes of at least 4 members (excludes halogenated alkanes) is 3. The lowest BCUT2D eigenvalue weighted by atomic mass is 9.85. The van der Waals surface area contributed by atoms with Gasteiger partial charge in [-0.15, -0.1) is 0 Å². The second kappa shape index (κ2) is 10.2. The fraction of sp³-hybridized carbons (Fsp3) is 0.542. The van der Waals surface area contributed by atoms with Crippen LogP contribution in [0.2, 0.25) is 5.02 Å². The molecule has 0 fully saturated rings. The first-order valence-corrected chi connectivity index (χ1v) is 10.7. The molecule has 3 heteroatoms. The van der Waals surface area contributed by atoms with E-state index < -0.39 is 0 Å². The minimum atomic E-state index is 0.0127. The van der Waals surface area contributed by atoms with Gasteiger partial charge < -0.3 is 5.11 Å². The smallest absolute Gasteiger partial charge is 0.0705 e. The van der Waals surface area contributed by atoms with Crippen molar-refractivity contribution in [2.75, 3.05) is 0 Å². The highest BCUT2D eigenvalue weighted by atomic mass is 35.5. The molecule has 0 radical (unpaired) electrons. The standard InChI is InChI=1S/C24H34ClNO/c1-6-7-8-9-10-20-22(18-11-13-19(25)14-12-18)21(15-27)24(17(4)5)26-23(20)16(2)3/h11-14,16-17,27H,6-10,15H2,1-5H3. The van der Waals surface area contributed by atoms with Crippen LogP contribution < -0.4 is 0 Å². The summed E-state index contributed by atoms with van der Waals surface area (Å²) in [4.78, 5) is 5.06. The maximum atomic E-state index is 10.3. The molecule has 1 heterocycles. The topological polar surface area (TPSA) is 33.1 Å². The third kappa shape index (κ3) is 5.33. The molecule has 0 aliphatic heterocycles. The predicted octanol–water partition coefficient (Wildman–Crippen LogP) is 7.26. The number of hydrogen-bond acceptors (Lipinski definition) is 2. The van der Waals surface area contributed by atoms with Gasteiger partial charge in [0.25, 0.3) is 0 Å². The quantitative estimate of drug-likeness (QED) is 0.459. The number of benzene rings is 1. The Hall–Kier alpha value is -1.38. The van der Waals surface area contributed by atoms with Crippen molar-refractivity contribution in [3.63, 3.8) is 0 Å².